The number of benzene rings is 1. The smallest absolute Gasteiger partial charge is 0.384 e. The van der Waals surface area contributed by atoms with Crippen LogP contribution in [0.15, 0.2) is 33.4 Å². The van der Waals surface area contributed by atoms with Crippen LogP contribution in [0.1, 0.15) is 22.8 Å². The lowest BCUT2D eigenvalue weighted by Crippen LogP contribution is -2.13. The van der Waals surface area contributed by atoms with Gasteiger partial charge in [0.15, 0.2) is 0 Å². The fourth-order valence-corrected chi connectivity index (χ4v) is 3.20. The van der Waals surface area contributed by atoms with Crippen LogP contribution in [-0.2, 0) is 6.18 Å². The van der Waals surface area contributed by atoms with Crippen LogP contribution in [0.5, 0.6) is 0 Å². The van der Waals surface area contributed by atoms with E-state index in [9.17, 15) is 22.7 Å². The number of hydrogen-bond acceptors (Lipinski definition) is 2. The van der Waals surface area contributed by atoms with Gasteiger partial charge in [0, 0.05) is 21.0 Å². The van der Waals surface area contributed by atoms with Crippen molar-refractivity contribution in [3.8, 4) is 0 Å². The Hall–Kier alpha value is -0.920. The maximum absolute atomic E-state index is 13.2. The molecule has 0 aliphatic carbocycles. The van der Waals surface area contributed by atoms with Gasteiger partial charge in [0.1, 0.15) is 11.9 Å². The molecule has 1 aromatic heterocycles. The van der Waals surface area contributed by atoms with E-state index in [1.807, 2.05) is 0 Å². The molecule has 1 aromatic carbocycles. The van der Waals surface area contributed by atoms with Crippen LogP contribution >= 0.6 is 27.3 Å². The molecule has 0 bridgehead atoms. The van der Waals surface area contributed by atoms with Crippen LogP contribution < -0.4 is 0 Å². The molecular weight excluding hydrogens is 348 g/mol. The van der Waals surface area contributed by atoms with Gasteiger partial charge in [-0.25, -0.2) is 4.39 Å². The summed E-state index contributed by atoms with van der Waals surface area (Å²) in [7, 11) is 0. The largest absolute Gasteiger partial charge is 0.416 e. The molecule has 0 amide bonds. The van der Waals surface area contributed by atoms with Gasteiger partial charge in [-0.1, -0.05) is 0 Å². The number of alkyl halides is 3. The van der Waals surface area contributed by atoms with Crippen molar-refractivity contribution in [2.24, 2.45) is 0 Å². The maximum atomic E-state index is 13.2. The van der Waals surface area contributed by atoms with Crippen molar-refractivity contribution < 1.29 is 22.7 Å². The molecule has 0 aliphatic heterocycles. The molecule has 0 radical (unpaired) electrons. The van der Waals surface area contributed by atoms with Crippen molar-refractivity contribution in [1.82, 2.24) is 0 Å². The maximum Gasteiger partial charge on any atom is 0.416 e. The van der Waals surface area contributed by atoms with Crippen LogP contribution in [0, 0.1) is 5.82 Å². The van der Waals surface area contributed by atoms with E-state index in [-0.39, 0.29) is 5.56 Å². The zero-order chi connectivity index (χ0) is 14.2. The Labute approximate surface area is 118 Å². The Kier molecular flexibility index (Phi) is 3.98. The Morgan fingerprint density at radius 2 is 1.84 bits per heavy atom. The summed E-state index contributed by atoms with van der Waals surface area (Å²) in [5.74, 6) is -0.826. The average Bonchev–Trinajstić information content (AvgIpc) is 2.72. The number of rotatable bonds is 2. The molecule has 102 valence electrons. The molecule has 1 N–H and O–H groups in total. The molecule has 1 unspecified atom stereocenters. The van der Waals surface area contributed by atoms with E-state index in [1.54, 1.807) is 5.38 Å². The zero-order valence-corrected chi connectivity index (χ0v) is 11.6. The second-order valence-corrected chi connectivity index (χ2v) is 5.40. The van der Waals surface area contributed by atoms with Gasteiger partial charge in [0.25, 0.3) is 0 Å². The molecule has 0 aliphatic rings. The minimum absolute atomic E-state index is 0.279. The van der Waals surface area contributed by atoms with Crippen LogP contribution in [0.25, 0.3) is 0 Å². The number of aliphatic hydroxyl groups is 1. The highest BCUT2D eigenvalue weighted by molar-refractivity contribution is 9.10. The molecular formula is C12H7BrF4OS. The molecule has 0 saturated heterocycles. The van der Waals surface area contributed by atoms with Gasteiger partial charge in [-0.2, -0.15) is 24.5 Å². The van der Waals surface area contributed by atoms with E-state index in [0.29, 0.717) is 16.6 Å². The molecule has 2 rings (SSSR count). The number of thiophene rings is 1. The normalized spacial score (nSPS) is 13.6. The van der Waals surface area contributed by atoms with E-state index < -0.39 is 29.2 Å². The summed E-state index contributed by atoms with van der Waals surface area (Å²) >= 11 is 4.36. The second kappa shape index (κ2) is 5.22. The van der Waals surface area contributed by atoms with Gasteiger partial charge in [0.2, 0.25) is 0 Å². The molecule has 7 heteroatoms. The molecule has 2 aromatic rings. The second-order valence-electron chi connectivity index (χ2n) is 3.81. The van der Waals surface area contributed by atoms with Crippen molar-refractivity contribution in [1.29, 1.82) is 0 Å². The standard InChI is InChI=1S/C12H7BrF4OS/c13-10-5-19-4-8(10)11(18)7-3-6(14)1-2-9(7)12(15,16)17/h1-5,11,18H. The van der Waals surface area contributed by atoms with Gasteiger partial charge in [-0.15, -0.1) is 0 Å². The average molecular weight is 355 g/mol. The van der Waals surface area contributed by atoms with Crippen LogP contribution in [0.3, 0.4) is 0 Å². The van der Waals surface area contributed by atoms with Crippen LogP contribution in [-0.4, -0.2) is 5.11 Å². The lowest BCUT2D eigenvalue weighted by molar-refractivity contribution is -0.139. The van der Waals surface area contributed by atoms with Gasteiger partial charge in [0.05, 0.1) is 5.56 Å². The third kappa shape index (κ3) is 2.98. The number of halogens is 5. The Morgan fingerprint density at radius 1 is 1.16 bits per heavy atom. The highest BCUT2D eigenvalue weighted by Gasteiger charge is 2.35. The third-order valence-electron chi connectivity index (χ3n) is 2.55. The van der Waals surface area contributed by atoms with E-state index in [2.05, 4.69) is 15.9 Å². The summed E-state index contributed by atoms with van der Waals surface area (Å²) in [5, 5.41) is 13.2. The van der Waals surface area contributed by atoms with Crippen molar-refractivity contribution in [2.45, 2.75) is 12.3 Å². The lowest BCUT2D eigenvalue weighted by Gasteiger charge is -2.17. The molecule has 0 fully saturated rings. The summed E-state index contributed by atoms with van der Waals surface area (Å²) in [4.78, 5) is 0. The van der Waals surface area contributed by atoms with Gasteiger partial charge >= 0.3 is 6.18 Å². The number of aliphatic hydroxyl groups excluding tert-OH is 1. The first-order valence-electron chi connectivity index (χ1n) is 5.07. The van der Waals surface area contributed by atoms with E-state index in [4.69, 9.17) is 0 Å². The molecule has 0 spiro atoms. The van der Waals surface area contributed by atoms with E-state index in [1.165, 1.54) is 16.7 Å². The van der Waals surface area contributed by atoms with Gasteiger partial charge in [-0.3, -0.25) is 0 Å². The first kappa shape index (κ1) is 14.5. The van der Waals surface area contributed by atoms with Gasteiger partial charge < -0.3 is 5.11 Å². The molecule has 19 heavy (non-hydrogen) atoms. The van der Waals surface area contributed by atoms with Crippen molar-refractivity contribution in [2.75, 3.05) is 0 Å². The Balaban J connectivity index is 2.55. The van der Waals surface area contributed by atoms with Crippen LogP contribution in [0.4, 0.5) is 17.6 Å². The Bertz CT molecular complexity index is 594. The fraction of sp³-hybridized carbons (Fsp3) is 0.167. The predicted molar refractivity (Wildman–Crippen MR) is 67.5 cm³/mol. The summed E-state index contributed by atoms with van der Waals surface area (Å²) in [5.41, 5.74) is -1.26. The molecule has 0 saturated carbocycles. The van der Waals surface area contributed by atoms with Gasteiger partial charge in [-0.05, 0) is 39.5 Å². The monoisotopic (exact) mass is 354 g/mol. The molecule has 1 nitrogen and oxygen atoms in total. The summed E-state index contributed by atoms with van der Waals surface area (Å²) < 4.78 is 52.2. The topological polar surface area (TPSA) is 20.2 Å². The summed E-state index contributed by atoms with van der Waals surface area (Å²) in [6, 6.07) is 2.06. The van der Waals surface area contributed by atoms with Crippen molar-refractivity contribution in [3.63, 3.8) is 0 Å². The minimum Gasteiger partial charge on any atom is -0.384 e. The zero-order valence-electron chi connectivity index (χ0n) is 9.21. The van der Waals surface area contributed by atoms with Crippen molar-refractivity contribution in [3.05, 3.63) is 55.9 Å². The van der Waals surface area contributed by atoms with E-state index in [0.717, 1.165) is 6.07 Å². The fourth-order valence-electron chi connectivity index (χ4n) is 1.67. The Morgan fingerprint density at radius 3 is 2.37 bits per heavy atom. The lowest BCUT2D eigenvalue weighted by atomic mass is 9.98. The van der Waals surface area contributed by atoms with Crippen LogP contribution in [0.2, 0.25) is 0 Å². The highest BCUT2D eigenvalue weighted by Crippen LogP contribution is 2.39. The first-order chi connectivity index (χ1) is 8.80. The van der Waals surface area contributed by atoms with E-state index >= 15 is 0 Å². The predicted octanol–water partition coefficient (Wildman–Crippen LogP) is 4.75. The molecule has 1 atom stereocenters. The SMILES string of the molecule is OC(c1cscc1Br)c1cc(F)ccc1C(F)(F)F. The molecule has 1 heterocycles. The highest BCUT2D eigenvalue weighted by atomic mass is 79.9. The van der Waals surface area contributed by atoms with Crippen molar-refractivity contribution >= 4 is 27.3 Å². The first-order valence-corrected chi connectivity index (χ1v) is 6.80. The minimum atomic E-state index is -4.65. The quantitative estimate of drug-likeness (QED) is 0.771. The summed E-state index contributed by atoms with van der Waals surface area (Å²) in [6.07, 6.45) is -6.18. The third-order valence-corrected chi connectivity index (χ3v) is 4.30. The number of hydrogen-bond donors (Lipinski definition) is 1. The summed E-state index contributed by atoms with van der Waals surface area (Å²) in [6.45, 7) is 0.